The molecular formula is C20H22N2O3. The Morgan fingerprint density at radius 3 is 2.56 bits per heavy atom. The fourth-order valence-corrected chi connectivity index (χ4v) is 2.92. The van der Waals surface area contributed by atoms with Crippen molar-refractivity contribution < 1.29 is 14.3 Å². The molecule has 1 aliphatic heterocycles. The number of aryl methyl sites for hydroxylation is 1. The standard InChI is InChI=1S/C20H22N2O3/c23-19(25-15-12-16-6-2-1-3-7-16)11-10-17-8-4-5-9-18(17)22-14-13-21-20(22)24/h1-9H,10-15H2,(H,21,24). The molecule has 0 bridgehead atoms. The molecule has 25 heavy (non-hydrogen) atoms. The second kappa shape index (κ2) is 8.33. The normalized spacial score (nSPS) is 13.6. The fourth-order valence-electron chi connectivity index (χ4n) is 2.92. The Labute approximate surface area is 147 Å². The predicted octanol–water partition coefficient (Wildman–Crippen LogP) is 2.93. The van der Waals surface area contributed by atoms with Crippen LogP contribution in [-0.2, 0) is 22.4 Å². The average Bonchev–Trinajstić information content (AvgIpc) is 3.07. The Kier molecular flexibility index (Phi) is 5.67. The van der Waals surface area contributed by atoms with Crippen molar-refractivity contribution in [3.63, 3.8) is 0 Å². The molecule has 0 saturated carbocycles. The van der Waals surface area contributed by atoms with Gasteiger partial charge in [0.1, 0.15) is 0 Å². The topological polar surface area (TPSA) is 58.6 Å². The van der Waals surface area contributed by atoms with Crippen LogP contribution in [0.2, 0.25) is 0 Å². The van der Waals surface area contributed by atoms with Crippen LogP contribution in [0.4, 0.5) is 10.5 Å². The van der Waals surface area contributed by atoms with Crippen molar-refractivity contribution in [2.24, 2.45) is 0 Å². The van der Waals surface area contributed by atoms with Crippen LogP contribution in [0.15, 0.2) is 54.6 Å². The molecule has 5 nitrogen and oxygen atoms in total. The molecule has 1 saturated heterocycles. The number of benzene rings is 2. The van der Waals surface area contributed by atoms with Crippen molar-refractivity contribution in [3.8, 4) is 0 Å². The number of anilines is 1. The number of carbonyl (C=O) groups excluding carboxylic acids is 2. The average molecular weight is 338 g/mol. The molecule has 5 heteroatoms. The summed E-state index contributed by atoms with van der Waals surface area (Å²) in [5.41, 5.74) is 3.01. The molecule has 1 aliphatic rings. The molecule has 0 spiro atoms. The molecule has 2 amide bonds. The van der Waals surface area contributed by atoms with Crippen molar-refractivity contribution in [3.05, 3.63) is 65.7 Å². The van der Waals surface area contributed by atoms with E-state index in [1.165, 1.54) is 0 Å². The number of carbonyl (C=O) groups is 2. The predicted molar refractivity (Wildman–Crippen MR) is 96.6 cm³/mol. The third kappa shape index (κ3) is 4.59. The van der Waals surface area contributed by atoms with Gasteiger partial charge in [-0.05, 0) is 23.6 Å². The lowest BCUT2D eigenvalue weighted by atomic mass is 10.1. The van der Waals surface area contributed by atoms with Gasteiger partial charge >= 0.3 is 12.0 Å². The highest BCUT2D eigenvalue weighted by atomic mass is 16.5. The van der Waals surface area contributed by atoms with Crippen LogP contribution in [0.1, 0.15) is 17.5 Å². The Bertz CT molecular complexity index is 731. The van der Waals surface area contributed by atoms with Gasteiger partial charge in [-0.1, -0.05) is 48.5 Å². The van der Waals surface area contributed by atoms with E-state index >= 15 is 0 Å². The summed E-state index contributed by atoms with van der Waals surface area (Å²) in [4.78, 5) is 25.6. The summed E-state index contributed by atoms with van der Waals surface area (Å²) in [6.45, 7) is 1.69. The van der Waals surface area contributed by atoms with E-state index in [2.05, 4.69) is 5.32 Å². The number of nitrogens with one attached hydrogen (secondary N) is 1. The lowest BCUT2D eigenvalue weighted by Gasteiger charge is -2.18. The number of hydrogen-bond acceptors (Lipinski definition) is 3. The van der Waals surface area contributed by atoms with Gasteiger partial charge in [-0.2, -0.15) is 0 Å². The molecule has 2 aromatic carbocycles. The van der Waals surface area contributed by atoms with Crippen molar-refractivity contribution in [1.82, 2.24) is 5.32 Å². The minimum Gasteiger partial charge on any atom is -0.465 e. The van der Waals surface area contributed by atoms with Gasteiger partial charge < -0.3 is 10.1 Å². The maximum atomic E-state index is 12.0. The highest BCUT2D eigenvalue weighted by Crippen LogP contribution is 2.23. The van der Waals surface area contributed by atoms with Crippen molar-refractivity contribution >= 4 is 17.7 Å². The highest BCUT2D eigenvalue weighted by molar-refractivity contribution is 5.94. The number of para-hydroxylation sites is 1. The van der Waals surface area contributed by atoms with Gasteiger partial charge in [-0.25, -0.2) is 4.79 Å². The summed E-state index contributed by atoms with van der Waals surface area (Å²) in [6, 6.07) is 17.6. The summed E-state index contributed by atoms with van der Waals surface area (Å²) in [6.07, 6.45) is 1.59. The van der Waals surface area contributed by atoms with Crippen LogP contribution in [-0.4, -0.2) is 31.7 Å². The monoisotopic (exact) mass is 338 g/mol. The summed E-state index contributed by atoms with van der Waals surface area (Å²) in [5.74, 6) is -0.211. The number of nitrogens with zero attached hydrogens (tertiary/aromatic N) is 1. The van der Waals surface area contributed by atoms with E-state index in [-0.39, 0.29) is 12.0 Å². The quantitative estimate of drug-likeness (QED) is 0.790. The molecular weight excluding hydrogens is 316 g/mol. The molecule has 1 N–H and O–H groups in total. The zero-order valence-corrected chi connectivity index (χ0v) is 14.1. The lowest BCUT2D eigenvalue weighted by molar-refractivity contribution is -0.143. The van der Waals surface area contributed by atoms with E-state index in [4.69, 9.17) is 4.74 Å². The molecule has 0 radical (unpaired) electrons. The first-order valence-electron chi connectivity index (χ1n) is 8.57. The van der Waals surface area contributed by atoms with Crippen LogP contribution in [0.25, 0.3) is 0 Å². The Morgan fingerprint density at radius 2 is 1.80 bits per heavy atom. The van der Waals surface area contributed by atoms with Crippen molar-refractivity contribution in [1.29, 1.82) is 0 Å². The smallest absolute Gasteiger partial charge is 0.322 e. The van der Waals surface area contributed by atoms with Crippen LogP contribution in [0.3, 0.4) is 0 Å². The van der Waals surface area contributed by atoms with Crippen LogP contribution in [0.5, 0.6) is 0 Å². The van der Waals surface area contributed by atoms with Gasteiger partial charge in [-0.15, -0.1) is 0 Å². The highest BCUT2D eigenvalue weighted by Gasteiger charge is 2.23. The first-order chi connectivity index (χ1) is 12.2. The van der Waals surface area contributed by atoms with Gasteiger partial charge in [-0.3, -0.25) is 9.69 Å². The van der Waals surface area contributed by atoms with Crippen LogP contribution in [0, 0.1) is 0 Å². The van der Waals surface area contributed by atoms with E-state index < -0.39 is 0 Å². The summed E-state index contributed by atoms with van der Waals surface area (Å²) in [5, 5.41) is 2.80. The Balaban J connectivity index is 1.50. The molecule has 0 aromatic heterocycles. The van der Waals surface area contributed by atoms with E-state index in [9.17, 15) is 9.59 Å². The van der Waals surface area contributed by atoms with Crippen LogP contribution < -0.4 is 10.2 Å². The molecule has 1 heterocycles. The lowest BCUT2D eigenvalue weighted by Crippen LogP contribution is -2.28. The van der Waals surface area contributed by atoms with E-state index in [0.29, 0.717) is 32.5 Å². The number of ether oxygens (including phenoxy) is 1. The maximum absolute atomic E-state index is 12.0. The van der Waals surface area contributed by atoms with Crippen molar-refractivity contribution in [2.75, 3.05) is 24.6 Å². The largest absolute Gasteiger partial charge is 0.465 e. The second-order valence-electron chi connectivity index (χ2n) is 5.97. The zero-order chi connectivity index (χ0) is 17.5. The zero-order valence-electron chi connectivity index (χ0n) is 14.1. The van der Waals surface area contributed by atoms with Gasteiger partial charge in [0.15, 0.2) is 0 Å². The second-order valence-corrected chi connectivity index (χ2v) is 5.97. The number of amides is 2. The van der Waals surface area contributed by atoms with Gasteiger partial charge in [0, 0.05) is 31.6 Å². The van der Waals surface area contributed by atoms with Crippen molar-refractivity contribution in [2.45, 2.75) is 19.3 Å². The minimum absolute atomic E-state index is 0.0853. The van der Waals surface area contributed by atoms with Crippen LogP contribution >= 0.6 is 0 Å². The fraction of sp³-hybridized carbons (Fsp3) is 0.300. The van der Waals surface area contributed by atoms with E-state index in [0.717, 1.165) is 23.2 Å². The number of urea groups is 1. The van der Waals surface area contributed by atoms with Gasteiger partial charge in [0.25, 0.3) is 0 Å². The molecule has 0 unspecified atom stereocenters. The first-order valence-corrected chi connectivity index (χ1v) is 8.57. The molecule has 0 aliphatic carbocycles. The number of hydrogen-bond donors (Lipinski definition) is 1. The molecule has 1 fully saturated rings. The summed E-state index contributed by atoms with van der Waals surface area (Å²) in [7, 11) is 0. The minimum atomic E-state index is -0.211. The first kappa shape index (κ1) is 17.0. The number of rotatable bonds is 7. The summed E-state index contributed by atoms with van der Waals surface area (Å²) < 4.78 is 5.32. The SMILES string of the molecule is O=C(CCc1ccccc1N1CCNC1=O)OCCc1ccccc1. The molecule has 2 aromatic rings. The van der Waals surface area contributed by atoms with E-state index in [1.807, 2.05) is 54.6 Å². The Hall–Kier alpha value is -2.82. The molecule has 130 valence electrons. The van der Waals surface area contributed by atoms with E-state index in [1.54, 1.807) is 4.90 Å². The molecule has 0 atom stereocenters. The third-order valence-electron chi connectivity index (χ3n) is 4.23. The maximum Gasteiger partial charge on any atom is 0.322 e. The third-order valence-corrected chi connectivity index (χ3v) is 4.23. The van der Waals surface area contributed by atoms with Gasteiger partial charge in [0.2, 0.25) is 0 Å². The Morgan fingerprint density at radius 1 is 1.04 bits per heavy atom. The molecule has 3 rings (SSSR count). The number of esters is 1. The van der Waals surface area contributed by atoms with Gasteiger partial charge in [0.05, 0.1) is 6.61 Å². The summed E-state index contributed by atoms with van der Waals surface area (Å²) >= 11 is 0.